The third-order valence-corrected chi connectivity index (χ3v) is 3.62. The first-order valence-corrected chi connectivity index (χ1v) is 7.45. The summed E-state index contributed by atoms with van der Waals surface area (Å²) in [4.78, 5) is 0. The number of aryl methyl sites for hydroxylation is 1. The van der Waals surface area contributed by atoms with Gasteiger partial charge in [-0.05, 0) is 61.7 Å². The summed E-state index contributed by atoms with van der Waals surface area (Å²) >= 11 is 12.6. The molecule has 0 aliphatic rings. The molecule has 0 fully saturated rings. The van der Waals surface area contributed by atoms with Crippen LogP contribution < -0.4 is 4.74 Å². The lowest BCUT2D eigenvalue weighted by atomic mass is 10.0. The molecule has 0 saturated heterocycles. The summed E-state index contributed by atoms with van der Waals surface area (Å²) in [7, 11) is 0. The van der Waals surface area contributed by atoms with Gasteiger partial charge in [0.05, 0.1) is 11.5 Å². The molecule has 1 unspecified atom stereocenters. The molecular weight excluding hydrogens is 291 g/mol. The summed E-state index contributed by atoms with van der Waals surface area (Å²) in [6.45, 7) is 6.03. The highest BCUT2D eigenvalue weighted by Gasteiger charge is 2.12. The topological polar surface area (TPSA) is 9.23 Å². The SMILES string of the molecule is Cc1cc(Cl)cc(C(Cl)c2ccc(OC(C)C)cc2)c1. The zero-order valence-corrected chi connectivity index (χ0v) is 13.4. The molecule has 2 aromatic rings. The summed E-state index contributed by atoms with van der Waals surface area (Å²) in [6, 6.07) is 13.8. The van der Waals surface area contributed by atoms with Crippen LogP contribution in [0.5, 0.6) is 5.75 Å². The van der Waals surface area contributed by atoms with Crippen LogP contribution in [-0.2, 0) is 0 Å². The Bertz CT molecular complexity index is 556. The number of benzene rings is 2. The molecule has 0 aromatic heterocycles. The van der Waals surface area contributed by atoms with Gasteiger partial charge in [0.25, 0.3) is 0 Å². The number of alkyl halides is 1. The minimum atomic E-state index is -0.208. The van der Waals surface area contributed by atoms with Crippen molar-refractivity contribution in [2.75, 3.05) is 0 Å². The number of hydrogen-bond acceptors (Lipinski definition) is 1. The lowest BCUT2D eigenvalue weighted by Gasteiger charge is -2.14. The molecule has 0 N–H and O–H groups in total. The van der Waals surface area contributed by atoms with Gasteiger partial charge in [0, 0.05) is 5.02 Å². The van der Waals surface area contributed by atoms with Crippen molar-refractivity contribution in [3.05, 3.63) is 64.2 Å². The van der Waals surface area contributed by atoms with E-state index in [0.29, 0.717) is 5.02 Å². The van der Waals surface area contributed by atoms with Crippen molar-refractivity contribution in [3.8, 4) is 5.75 Å². The summed E-state index contributed by atoms with van der Waals surface area (Å²) in [6.07, 6.45) is 0.170. The van der Waals surface area contributed by atoms with E-state index in [9.17, 15) is 0 Å². The van der Waals surface area contributed by atoms with Crippen molar-refractivity contribution < 1.29 is 4.74 Å². The predicted octanol–water partition coefficient (Wildman–Crippen LogP) is 5.76. The maximum atomic E-state index is 6.53. The zero-order chi connectivity index (χ0) is 14.7. The molecule has 1 atom stereocenters. The summed E-state index contributed by atoms with van der Waals surface area (Å²) < 4.78 is 5.63. The van der Waals surface area contributed by atoms with E-state index in [1.54, 1.807) is 0 Å². The monoisotopic (exact) mass is 308 g/mol. The Morgan fingerprint density at radius 2 is 1.60 bits per heavy atom. The Labute approximate surface area is 130 Å². The van der Waals surface area contributed by atoms with Crippen LogP contribution in [0.3, 0.4) is 0 Å². The van der Waals surface area contributed by atoms with Gasteiger partial charge in [-0.3, -0.25) is 0 Å². The molecule has 0 amide bonds. The summed E-state index contributed by atoms with van der Waals surface area (Å²) in [5, 5.41) is 0.505. The second-order valence-corrected chi connectivity index (χ2v) is 6.03. The molecule has 1 nitrogen and oxygen atoms in total. The van der Waals surface area contributed by atoms with E-state index < -0.39 is 0 Å². The van der Waals surface area contributed by atoms with Crippen LogP contribution in [0.4, 0.5) is 0 Å². The fourth-order valence-corrected chi connectivity index (χ4v) is 2.66. The van der Waals surface area contributed by atoms with Crippen LogP contribution in [-0.4, -0.2) is 6.10 Å². The van der Waals surface area contributed by atoms with Crippen LogP contribution in [0.25, 0.3) is 0 Å². The van der Waals surface area contributed by atoms with Crippen molar-refractivity contribution in [2.24, 2.45) is 0 Å². The fourth-order valence-electron chi connectivity index (χ4n) is 2.09. The van der Waals surface area contributed by atoms with E-state index in [1.807, 2.05) is 57.2 Å². The minimum absolute atomic E-state index is 0.170. The first-order chi connectivity index (χ1) is 9.45. The largest absolute Gasteiger partial charge is 0.491 e. The van der Waals surface area contributed by atoms with Gasteiger partial charge in [-0.1, -0.05) is 29.8 Å². The minimum Gasteiger partial charge on any atom is -0.491 e. The van der Waals surface area contributed by atoms with Crippen molar-refractivity contribution in [2.45, 2.75) is 32.3 Å². The molecule has 0 bridgehead atoms. The first kappa shape index (κ1) is 15.2. The van der Waals surface area contributed by atoms with E-state index in [1.165, 1.54) is 0 Å². The number of hydrogen-bond donors (Lipinski definition) is 0. The molecule has 0 spiro atoms. The van der Waals surface area contributed by atoms with Gasteiger partial charge >= 0.3 is 0 Å². The van der Waals surface area contributed by atoms with Gasteiger partial charge in [0.15, 0.2) is 0 Å². The molecule has 2 rings (SSSR count). The van der Waals surface area contributed by atoms with E-state index in [4.69, 9.17) is 27.9 Å². The van der Waals surface area contributed by atoms with E-state index in [0.717, 1.165) is 22.4 Å². The molecule has 0 radical (unpaired) electrons. The summed E-state index contributed by atoms with van der Waals surface area (Å²) in [5.41, 5.74) is 3.15. The van der Waals surface area contributed by atoms with Crippen molar-refractivity contribution in [1.82, 2.24) is 0 Å². The highest BCUT2D eigenvalue weighted by Crippen LogP contribution is 2.32. The Kier molecular flexibility index (Phi) is 4.95. The third-order valence-electron chi connectivity index (χ3n) is 2.90. The lowest BCUT2D eigenvalue weighted by Crippen LogP contribution is -2.05. The predicted molar refractivity (Wildman–Crippen MR) is 86.1 cm³/mol. The Morgan fingerprint density at radius 3 is 2.15 bits per heavy atom. The van der Waals surface area contributed by atoms with Gasteiger partial charge in [-0.25, -0.2) is 0 Å². The molecule has 2 aromatic carbocycles. The van der Waals surface area contributed by atoms with E-state index in [-0.39, 0.29) is 11.5 Å². The highest BCUT2D eigenvalue weighted by molar-refractivity contribution is 6.31. The van der Waals surface area contributed by atoms with E-state index >= 15 is 0 Å². The Morgan fingerprint density at radius 1 is 0.950 bits per heavy atom. The molecule has 0 aliphatic heterocycles. The number of ether oxygens (including phenoxy) is 1. The van der Waals surface area contributed by atoms with Crippen LogP contribution in [0.15, 0.2) is 42.5 Å². The second-order valence-electron chi connectivity index (χ2n) is 5.16. The van der Waals surface area contributed by atoms with Crippen LogP contribution >= 0.6 is 23.2 Å². The number of halogens is 2. The van der Waals surface area contributed by atoms with Gasteiger partial charge in [0.1, 0.15) is 5.75 Å². The zero-order valence-electron chi connectivity index (χ0n) is 11.9. The fraction of sp³-hybridized carbons (Fsp3) is 0.294. The normalized spacial score (nSPS) is 12.5. The molecular formula is C17H18Cl2O. The molecule has 106 valence electrons. The van der Waals surface area contributed by atoms with Crippen molar-refractivity contribution in [1.29, 1.82) is 0 Å². The van der Waals surface area contributed by atoms with Crippen LogP contribution in [0.2, 0.25) is 5.02 Å². The lowest BCUT2D eigenvalue weighted by molar-refractivity contribution is 0.242. The quantitative estimate of drug-likeness (QED) is 0.652. The average molecular weight is 309 g/mol. The molecule has 0 heterocycles. The van der Waals surface area contributed by atoms with Crippen LogP contribution in [0, 0.1) is 6.92 Å². The molecule has 0 saturated carbocycles. The first-order valence-electron chi connectivity index (χ1n) is 6.63. The standard InChI is InChI=1S/C17H18Cl2O/c1-11(2)20-16-6-4-13(5-7-16)17(19)14-8-12(3)9-15(18)10-14/h4-11,17H,1-3H3. The highest BCUT2D eigenvalue weighted by atomic mass is 35.5. The smallest absolute Gasteiger partial charge is 0.119 e. The second kappa shape index (κ2) is 6.51. The van der Waals surface area contributed by atoms with Gasteiger partial charge in [0.2, 0.25) is 0 Å². The van der Waals surface area contributed by atoms with Crippen molar-refractivity contribution in [3.63, 3.8) is 0 Å². The van der Waals surface area contributed by atoms with Gasteiger partial charge in [-0.2, -0.15) is 0 Å². The average Bonchev–Trinajstić information content (AvgIpc) is 2.37. The van der Waals surface area contributed by atoms with Gasteiger partial charge < -0.3 is 4.74 Å². The maximum Gasteiger partial charge on any atom is 0.119 e. The maximum absolute atomic E-state index is 6.53. The Hall–Kier alpha value is -1.18. The van der Waals surface area contributed by atoms with E-state index in [2.05, 4.69) is 6.07 Å². The van der Waals surface area contributed by atoms with Crippen molar-refractivity contribution >= 4 is 23.2 Å². The molecule has 20 heavy (non-hydrogen) atoms. The summed E-state index contributed by atoms with van der Waals surface area (Å²) in [5.74, 6) is 0.856. The van der Waals surface area contributed by atoms with Gasteiger partial charge in [-0.15, -0.1) is 11.6 Å². The third kappa shape index (κ3) is 3.91. The Balaban J connectivity index is 2.22. The number of rotatable bonds is 4. The molecule has 3 heteroatoms. The molecule has 0 aliphatic carbocycles. The van der Waals surface area contributed by atoms with Crippen LogP contribution in [0.1, 0.15) is 35.9 Å².